The van der Waals surface area contributed by atoms with Gasteiger partial charge >= 0.3 is 0 Å². The van der Waals surface area contributed by atoms with Gasteiger partial charge in [-0.05, 0) is 67.4 Å². The normalized spacial score (nSPS) is 14.4. The highest BCUT2D eigenvalue weighted by atomic mass is 15.1. The molecule has 1 aromatic carbocycles. The minimum absolute atomic E-state index is 0.0546. The maximum atomic E-state index is 4.81. The van der Waals surface area contributed by atoms with Gasteiger partial charge in [0, 0.05) is 18.0 Å². The number of aromatic nitrogens is 2. The third kappa shape index (κ3) is 5.61. The van der Waals surface area contributed by atoms with Crippen molar-refractivity contribution < 1.29 is 0 Å². The molecular weight excluding hydrogens is 388 g/mol. The number of benzene rings is 1. The maximum Gasteiger partial charge on any atom is 0.144 e. The van der Waals surface area contributed by atoms with E-state index in [4.69, 9.17) is 4.98 Å². The van der Waals surface area contributed by atoms with Gasteiger partial charge in [-0.25, -0.2) is 4.98 Å². The molecule has 0 saturated heterocycles. The van der Waals surface area contributed by atoms with Crippen molar-refractivity contribution >= 4 is 5.57 Å². The van der Waals surface area contributed by atoms with Gasteiger partial charge in [-0.3, -0.25) is 4.57 Å². The second-order valence-electron chi connectivity index (χ2n) is 8.46. The molecule has 0 aliphatic heterocycles. The molecule has 2 aromatic rings. The van der Waals surface area contributed by atoms with Crippen LogP contribution in [0.15, 0.2) is 60.1 Å². The highest BCUT2D eigenvalue weighted by Gasteiger charge is 2.32. The van der Waals surface area contributed by atoms with Crippen molar-refractivity contribution in [1.29, 1.82) is 0 Å². The third-order valence-corrected chi connectivity index (χ3v) is 6.36. The van der Waals surface area contributed by atoms with Crippen LogP contribution in [0.25, 0.3) is 11.3 Å². The summed E-state index contributed by atoms with van der Waals surface area (Å²) in [7, 11) is 0. The molecule has 174 valence electrons. The summed E-state index contributed by atoms with van der Waals surface area (Å²) in [5.41, 5.74) is 10.9. The fourth-order valence-corrected chi connectivity index (χ4v) is 4.31. The Morgan fingerprint density at radius 2 is 1.62 bits per heavy atom. The minimum Gasteiger partial charge on any atom is -0.299 e. The summed E-state index contributed by atoms with van der Waals surface area (Å²) >= 11 is 0. The molecule has 32 heavy (non-hydrogen) atoms. The standard InChI is InChI=1S/C26H32N2.2C2H6/c1-8-26(7,18(2)3)23-13-11-9-10-12-22(23)25-27-14-15-28(25)24-20(5)16-19(4)17-21(24)6;2*1-2/h9-10,12-18H,8H2,1-7H3;2*1-2H3. The average molecular weight is 433 g/mol. The Balaban J connectivity index is 0.00000121. The van der Waals surface area contributed by atoms with Crippen LogP contribution >= 0.6 is 0 Å². The molecule has 0 fully saturated rings. The molecule has 2 heteroatoms. The van der Waals surface area contributed by atoms with Gasteiger partial charge in [0.2, 0.25) is 0 Å². The van der Waals surface area contributed by atoms with E-state index >= 15 is 0 Å². The molecular formula is C30H44N2. The summed E-state index contributed by atoms with van der Waals surface area (Å²) in [5, 5.41) is 0. The molecule has 1 aromatic heterocycles. The van der Waals surface area contributed by atoms with Gasteiger partial charge in [-0.2, -0.15) is 0 Å². The second kappa shape index (κ2) is 12.5. The fourth-order valence-electron chi connectivity index (χ4n) is 4.31. The molecule has 0 bridgehead atoms. The van der Waals surface area contributed by atoms with E-state index in [2.05, 4.69) is 95.3 Å². The lowest BCUT2D eigenvalue weighted by molar-refractivity contribution is 0.273. The van der Waals surface area contributed by atoms with E-state index in [-0.39, 0.29) is 5.41 Å². The molecule has 0 radical (unpaired) electrons. The van der Waals surface area contributed by atoms with E-state index in [9.17, 15) is 0 Å². The van der Waals surface area contributed by atoms with Crippen LogP contribution in [0.5, 0.6) is 0 Å². The van der Waals surface area contributed by atoms with E-state index in [1.807, 2.05) is 40.0 Å². The molecule has 0 N–H and O–H groups in total. The summed E-state index contributed by atoms with van der Waals surface area (Å²) in [4.78, 5) is 4.81. The number of hydrogen-bond donors (Lipinski definition) is 0. The first-order chi connectivity index (χ1) is 15.3. The average Bonchev–Trinajstić information content (AvgIpc) is 3.11. The van der Waals surface area contributed by atoms with Crippen molar-refractivity contribution in [3.8, 4) is 5.69 Å². The number of rotatable bonds is 5. The van der Waals surface area contributed by atoms with Gasteiger partial charge in [-0.15, -0.1) is 5.73 Å². The zero-order chi connectivity index (χ0) is 24.5. The van der Waals surface area contributed by atoms with Crippen LogP contribution in [0.1, 0.15) is 84.3 Å². The first-order valence-corrected chi connectivity index (χ1v) is 12.3. The number of aryl methyl sites for hydroxylation is 3. The molecule has 1 heterocycles. The Morgan fingerprint density at radius 3 is 2.16 bits per heavy atom. The molecule has 1 unspecified atom stereocenters. The molecule has 3 rings (SSSR count). The zero-order valence-electron chi connectivity index (χ0n) is 22.3. The van der Waals surface area contributed by atoms with Crippen molar-refractivity contribution in [1.82, 2.24) is 9.55 Å². The lowest BCUT2D eigenvalue weighted by atomic mass is 9.69. The molecule has 0 amide bonds. The van der Waals surface area contributed by atoms with E-state index in [1.165, 1.54) is 33.5 Å². The lowest BCUT2D eigenvalue weighted by Crippen LogP contribution is -2.25. The van der Waals surface area contributed by atoms with E-state index < -0.39 is 0 Å². The lowest BCUT2D eigenvalue weighted by Gasteiger charge is -2.35. The van der Waals surface area contributed by atoms with Crippen molar-refractivity contribution in [2.24, 2.45) is 11.3 Å². The van der Waals surface area contributed by atoms with Crippen LogP contribution in [-0.2, 0) is 0 Å². The Labute approximate surface area is 197 Å². The molecule has 0 spiro atoms. The first kappa shape index (κ1) is 27.5. The smallest absolute Gasteiger partial charge is 0.144 e. The highest BCUT2D eigenvalue weighted by Crippen LogP contribution is 2.43. The summed E-state index contributed by atoms with van der Waals surface area (Å²) < 4.78 is 2.25. The van der Waals surface area contributed by atoms with Gasteiger partial charge in [0.05, 0.1) is 5.69 Å². The summed E-state index contributed by atoms with van der Waals surface area (Å²) in [5.74, 6) is 1.51. The molecule has 1 atom stereocenters. The Bertz CT molecular complexity index is 984. The summed E-state index contributed by atoms with van der Waals surface area (Å²) in [6, 6.07) is 4.49. The second-order valence-corrected chi connectivity index (χ2v) is 8.46. The monoisotopic (exact) mass is 432 g/mol. The van der Waals surface area contributed by atoms with Crippen molar-refractivity contribution in [2.45, 2.75) is 82.6 Å². The molecule has 1 aliphatic rings. The van der Waals surface area contributed by atoms with Crippen LogP contribution < -0.4 is 0 Å². The fraction of sp³-hybridized carbons (Fsp3) is 0.467. The number of nitrogens with zero attached hydrogens (tertiary/aromatic N) is 2. The van der Waals surface area contributed by atoms with Gasteiger partial charge in [0.1, 0.15) is 5.82 Å². The Hall–Kier alpha value is -2.57. The van der Waals surface area contributed by atoms with Crippen molar-refractivity contribution in [3.63, 3.8) is 0 Å². The van der Waals surface area contributed by atoms with E-state index in [1.54, 1.807) is 0 Å². The number of hydrogen-bond acceptors (Lipinski definition) is 1. The van der Waals surface area contributed by atoms with Crippen LogP contribution in [0, 0.1) is 32.1 Å². The largest absolute Gasteiger partial charge is 0.299 e. The number of imidazole rings is 1. The third-order valence-electron chi connectivity index (χ3n) is 6.36. The van der Waals surface area contributed by atoms with Crippen molar-refractivity contribution in [2.75, 3.05) is 0 Å². The minimum atomic E-state index is 0.0546. The molecule has 0 saturated carbocycles. The van der Waals surface area contributed by atoms with Gasteiger partial charge in [0.15, 0.2) is 0 Å². The summed E-state index contributed by atoms with van der Waals surface area (Å²) in [6.45, 7) is 23.8. The van der Waals surface area contributed by atoms with E-state index in [0.717, 1.165) is 12.2 Å². The predicted octanol–water partition coefficient (Wildman–Crippen LogP) is 8.96. The molecule has 2 nitrogen and oxygen atoms in total. The topological polar surface area (TPSA) is 17.8 Å². The summed E-state index contributed by atoms with van der Waals surface area (Å²) in [6.07, 6.45) is 13.5. The van der Waals surface area contributed by atoms with Crippen LogP contribution in [-0.4, -0.2) is 9.55 Å². The van der Waals surface area contributed by atoms with E-state index in [0.29, 0.717) is 5.92 Å². The van der Waals surface area contributed by atoms with Crippen LogP contribution in [0.4, 0.5) is 0 Å². The Kier molecular flexibility index (Phi) is 10.7. The highest BCUT2D eigenvalue weighted by molar-refractivity contribution is 5.78. The predicted molar refractivity (Wildman–Crippen MR) is 142 cm³/mol. The van der Waals surface area contributed by atoms with Gasteiger partial charge in [0.25, 0.3) is 0 Å². The van der Waals surface area contributed by atoms with Crippen LogP contribution in [0.3, 0.4) is 0 Å². The van der Waals surface area contributed by atoms with Gasteiger partial charge < -0.3 is 0 Å². The Morgan fingerprint density at radius 1 is 1.03 bits per heavy atom. The van der Waals surface area contributed by atoms with Gasteiger partial charge in [-0.1, -0.05) is 85.2 Å². The first-order valence-electron chi connectivity index (χ1n) is 12.3. The maximum absolute atomic E-state index is 4.81. The van der Waals surface area contributed by atoms with Crippen LogP contribution in [0.2, 0.25) is 0 Å². The van der Waals surface area contributed by atoms with Crippen molar-refractivity contribution in [3.05, 3.63) is 82.6 Å². The quantitative estimate of drug-likeness (QED) is 0.431. The zero-order valence-corrected chi connectivity index (χ0v) is 22.3. The molecule has 1 aliphatic carbocycles. The number of allylic oxidation sites excluding steroid dienone is 5. The SMILES string of the molecule is CC.CC.CCC(C)(C1=C(c2nccn2-c2c(C)cc(C)cc2C)C=CC=C=C1)C(C)C.